The van der Waals surface area contributed by atoms with Crippen LogP contribution < -0.4 is 11.2 Å². The lowest BCUT2D eigenvalue weighted by Crippen LogP contribution is -2.25. The van der Waals surface area contributed by atoms with Crippen LogP contribution in [-0.2, 0) is 29.6 Å². The summed E-state index contributed by atoms with van der Waals surface area (Å²) in [6, 6.07) is 5.49. The van der Waals surface area contributed by atoms with Crippen molar-refractivity contribution in [2.75, 3.05) is 7.11 Å². The van der Waals surface area contributed by atoms with Gasteiger partial charge in [-0.1, -0.05) is 19.1 Å². The van der Waals surface area contributed by atoms with Crippen molar-refractivity contribution < 1.29 is 14.4 Å². The van der Waals surface area contributed by atoms with Gasteiger partial charge in [-0.25, -0.2) is 9.59 Å². The molecule has 9 heteroatoms. The van der Waals surface area contributed by atoms with Gasteiger partial charge < -0.3 is 4.74 Å². The van der Waals surface area contributed by atoms with Crippen molar-refractivity contribution in [2.24, 2.45) is 7.05 Å². The van der Waals surface area contributed by atoms with Crippen LogP contribution in [0.25, 0.3) is 5.69 Å². The third-order valence-corrected chi connectivity index (χ3v) is 3.14. The number of ether oxygens (including phenoxy) is 1. The molecule has 0 fully saturated rings. The van der Waals surface area contributed by atoms with E-state index in [9.17, 15) is 9.59 Å². The van der Waals surface area contributed by atoms with Gasteiger partial charge >= 0.3 is 11.8 Å². The van der Waals surface area contributed by atoms with Crippen LogP contribution in [0.2, 0.25) is 0 Å². The van der Waals surface area contributed by atoms with E-state index in [2.05, 4.69) is 20.6 Å². The van der Waals surface area contributed by atoms with Crippen molar-refractivity contribution in [2.45, 2.75) is 20.0 Å². The number of carbonyl (C=O) groups excluding carboxylic acids is 1. The van der Waals surface area contributed by atoms with E-state index < -0.39 is 6.09 Å². The maximum Gasteiger partial charge on any atom is 0.431 e. The number of aromatic nitrogens is 4. The molecular formula is C13H17N5O4. The van der Waals surface area contributed by atoms with E-state index in [0.29, 0.717) is 5.69 Å². The fraction of sp³-hybridized carbons (Fsp3) is 0.385. The van der Waals surface area contributed by atoms with E-state index in [0.717, 1.165) is 22.2 Å². The summed E-state index contributed by atoms with van der Waals surface area (Å²) in [4.78, 5) is 28.2. The highest BCUT2D eigenvalue weighted by Crippen LogP contribution is 2.18. The molecule has 0 aliphatic carbocycles. The zero-order chi connectivity index (χ0) is 16.1. The minimum Gasteiger partial charge on any atom is -0.451 e. The Hall–Kier alpha value is -2.68. The Balaban J connectivity index is 2.36. The summed E-state index contributed by atoms with van der Waals surface area (Å²) in [5.41, 5.74) is 4.05. The number of benzene rings is 1. The summed E-state index contributed by atoms with van der Waals surface area (Å²) in [7, 11) is 2.76. The second kappa shape index (κ2) is 6.85. The number of rotatable bonds is 5. The number of nitrogens with one attached hydrogen (secondary N) is 1. The molecule has 0 saturated heterocycles. The number of aryl methyl sites for hydroxylation is 2. The van der Waals surface area contributed by atoms with Crippen molar-refractivity contribution in [1.82, 2.24) is 25.3 Å². The molecular weight excluding hydrogens is 290 g/mol. The van der Waals surface area contributed by atoms with Crippen LogP contribution in [0.5, 0.6) is 0 Å². The molecule has 2 aromatic rings. The van der Waals surface area contributed by atoms with Gasteiger partial charge in [0.25, 0.3) is 0 Å². The first-order chi connectivity index (χ1) is 10.6. The van der Waals surface area contributed by atoms with Gasteiger partial charge in [0.15, 0.2) is 0 Å². The molecule has 1 aromatic heterocycles. The normalized spacial score (nSPS) is 10.5. The zero-order valence-electron chi connectivity index (χ0n) is 12.6. The number of carbonyl (C=O) groups is 1. The van der Waals surface area contributed by atoms with Gasteiger partial charge in [-0.05, 0) is 28.5 Å². The van der Waals surface area contributed by atoms with Gasteiger partial charge in [0.2, 0.25) is 0 Å². The smallest absolute Gasteiger partial charge is 0.431 e. The summed E-state index contributed by atoms with van der Waals surface area (Å²) in [5, 5.41) is 7.53. The summed E-state index contributed by atoms with van der Waals surface area (Å²) < 4.78 is 6.75. The van der Waals surface area contributed by atoms with Crippen LogP contribution in [0, 0.1) is 0 Å². The van der Waals surface area contributed by atoms with Crippen LogP contribution in [0.1, 0.15) is 18.1 Å². The number of methoxy groups -OCH3 is 1. The van der Waals surface area contributed by atoms with Crippen LogP contribution in [0.3, 0.4) is 0 Å². The van der Waals surface area contributed by atoms with Crippen molar-refractivity contribution >= 4 is 6.09 Å². The molecule has 9 nitrogen and oxygen atoms in total. The minimum atomic E-state index is -0.702. The molecule has 1 heterocycles. The topological polar surface area (TPSA) is 100 Å². The Morgan fingerprint density at radius 1 is 1.36 bits per heavy atom. The molecule has 0 radical (unpaired) electrons. The summed E-state index contributed by atoms with van der Waals surface area (Å²) in [6.07, 6.45) is 0.0342. The second-order valence-corrected chi connectivity index (χ2v) is 4.45. The highest BCUT2D eigenvalue weighted by molar-refractivity contribution is 5.65. The first kappa shape index (κ1) is 15.7. The van der Waals surface area contributed by atoms with Crippen LogP contribution in [0.15, 0.2) is 23.0 Å². The molecule has 1 aromatic carbocycles. The van der Waals surface area contributed by atoms with Crippen molar-refractivity contribution in [3.05, 3.63) is 39.8 Å². The van der Waals surface area contributed by atoms with Crippen LogP contribution >= 0.6 is 0 Å². The number of amides is 1. The van der Waals surface area contributed by atoms with E-state index in [1.807, 2.05) is 19.1 Å². The maximum atomic E-state index is 12.0. The van der Waals surface area contributed by atoms with Gasteiger partial charge in [-0.15, -0.1) is 0 Å². The second-order valence-electron chi connectivity index (χ2n) is 4.45. The number of hydrogen-bond donors (Lipinski definition) is 1. The predicted octanol–water partition coefficient (Wildman–Crippen LogP) is 0.316. The predicted molar refractivity (Wildman–Crippen MR) is 76.3 cm³/mol. The monoisotopic (exact) mass is 307 g/mol. The van der Waals surface area contributed by atoms with E-state index >= 15 is 0 Å². The lowest BCUT2D eigenvalue weighted by Gasteiger charge is -2.13. The molecule has 0 atom stereocenters. The Kier molecular flexibility index (Phi) is 4.89. The Morgan fingerprint density at radius 2 is 2.14 bits per heavy atom. The SMILES string of the molecule is CCc1cccc(-n2nnn(C)c2=O)c1CONC(=O)OC. The minimum absolute atomic E-state index is 0.0669. The fourth-order valence-corrected chi connectivity index (χ4v) is 1.99. The summed E-state index contributed by atoms with van der Waals surface area (Å²) in [6.45, 7) is 2.05. The summed E-state index contributed by atoms with van der Waals surface area (Å²) >= 11 is 0. The van der Waals surface area contributed by atoms with Gasteiger partial charge in [0, 0.05) is 12.6 Å². The first-order valence-corrected chi connectivity index (χ1v) is 6.64. The molecule has 0 aliphatic heterocycles. The number of nitrogens with zero attached hydrogens (tertiary/aromatic N) is 4. The average Bonchev–Trinajstić information content (AvgIpc) is 2.86. The molecule has 118 valence electrons. The van der Waals surface area contributed by atoms with Gasteiger partial charge in [-0.3, -0.25) is 4.84 Å². The molecule has 1 N–H and O–H groups in total. The highest BCUT2D eigenvalue weighted by atomic mass is 16.7. The number of hydrogen-bond acceptors (Lipinski definition) is 6. The molecule has 1 amide bonds. The molecule has 0 spiro atoms. The van der Waals surface area contributed by atoms with E-state index in [1.165, 1.54) is 18.8 Å². The largest absolute Gasteiger partial charge is 0.451 e. The van der Waals surface area contributed by atoms with E-state index in [1.54, 1.807) is 6.07 Å². The lowest BCUT2D eigenvalue weighted by molar-refractivity contribution is 0.0247. The van der Waals surface area contributed by atoms with Gasteiger partial charge in [0.05, 0.1) is 12.8 Å². The molecule has 2 rings (SSSR count). The molecule has 0 aliphatic rings. The van der Waals surface area contributed by atoms with E-state index in [4.69, 9.17) is 4.84 Å². The van der Waals surface area contributed by atoms with Gasteiger partial charge in [-0.2, -0.15) is 14.8 Å². The fourth-order valence-electron chi connectivity index (χ4n) is 1.99. The molecule has 22 heavy (non-hydrogen) atoms. The highest BCUT2D eigenvalue weighted by Gasteiger charge is 2.14. The average molecular weight is 307 g/mol. The molecule has 0 bridgehead atoms. The number of hydroxylamine groups is 1. The van der Waals surface area contributed by atoms with Crippen LogP contribution in [0.4, 0.5) is 4.79 Å². The Morgan fingerprint density at radius 3 is 2.73 bits per heavy atom. The summed E-state index contributed by atoms with van der Waals surface area (Å²) in [5.74, 6) is 0. The molecule has 0 saturated carbocycles. The zero-order valence-corrected chi connectivity index (χ0v) is 12.6. The standard InChI is InChI=1S/C13H17N5O4/c1-4-9-6-5-7-11(18-13(20)17(2)15-16-18)10(9)8-22-14-12(19)21-3/h5-7H,4,8H2,1-3H3,(H,14,19). The number of tetrazole rings is 1. The lowest BCUT2D eigenvalue weighted by atomic mass is 10.0. The first-order valence-electron chi connectivity index (χ1n) is 6.64. The Labute approximate surface area is 126 Å². The van der Waals surface area contributed by atoms with Gasteiger partial charge in [0.1, 0.15) is 6.61 Å². The molecule has 0 unspecified atom stereocenters. The third kappa shape index (κ3) is 3.14. The van der Waals surface area contributed by atoms with Crippen LogP contribution in [-0.4, -0.2) is 33.0 Å². The van der Waals surface area contributed by atoms with Crippen molar-refractivity contribution in [3.63, 3.8) is 0 Å². The Bertz CT molecular complexity index is 721. The maximum absolute atomic E-state index is 12.0. The van der Waals surface area contributed by atoms with Crippen molar-refractivity contribution in [1.29, 1.82) is 0 Å². The van der Waals surface area contributed by atoms with Crippen molar-refractivity contribution in [3.8, 4) is 5.69 Å². The van der Waals surface area contributed by atoms with E-state index in [-0.39, 0.29) is 12.3 Å². The quantitative estimate of drug-likeness (QED) is 0.798. The third-order valence-electron chi connectivity index (χ3n) is 3.14.